The van der Waals surface area contributed by atoms with E-state index in [0.29, 0.717) is 29.3 Å². The molecule has 2 N–H and O–H groups in total. The van der Waals surface area contributed by atoms with Crippen molar-refractivity contribution < 1.29 is 23.9 Å². The molecule has 0 saturated carbocycles. The van der Waals surface area contributed by atoms with Crippen LogP contribution >= 0.6 is 12.2 Å². The molecule has 0 bridgehead atoms. The van der Waals surface area contributed by atoms with E-state index in [1.54, 1.807) is 49.6 Å². The fourth-order valence-electron chi connectivity index (χ4n) is 3.76. The summed E-state index contributed by atoms with van der Waals surface area (Å²) in [6, 6.07) is 12.4. The molecule has 0 atom stereocenters. The second-order valence-corrected chi connectivity index (χ2v) is 8.79. The molecule has 0 aromatic heterocycles. The van der Waals surface area contributed by atoms with Crippen LogP contribution in [0.2, 0.25) is 0 Å². The van der Waals surface area contributed by atoms with Crippen molar-refractivity contribution in [2.45, 2.75) is 46.1 Å². The van der Waals surface area contributed by atoms with Crippen LogP contribution < -0.4 is 20.1 Å². The summed E-state index contributed by atoms with van der Waals surface area (Å²) in [5.74, 6) is 0.177. The minimum absolute atomic E-state index is 0.0321. The zero-order valence-electron chi connectivity index (χ0n) is 20.8. The molecule has 8 nitrogen and oxygen atoms in total. The van der Waals surface area contributed by atoms with Crippen LogP contribution in [-0.2, 0) is 21.0 Å². The molecule has 1 fully saturated rings. The molecule has 0 radical (unpaired) electrons. The van der Waals surface area contributed by atoms with Crippen molar-refractivity contribution in [2.24, 2.45) is 0 Å². The van der Waals surface area contributed by atoms with Crippen molar-refractivity contribution in [3.8, 4) is 11.5 Å². The molecule has 3 rings (SSSR count). The van der Waals surface area contributed by atoms with Crippen LogP contribution in [0.15, 0.2) is 48.0 Å². The minimum Gasteiger partial charge on any atom is -0.496 e. The number of methoxy groups -OCH3 is 1. The average molecular weight is 510 g/mol. The second-order valence-electron chi connectivity index (χ2n) is 8.40. The molecule has 1 heterocycles. The lowest BCUT2D eigenvalue weighted by Crippen LogP contribution is -2.54. The Hall–Kier alpha value is -3.72. The Morgan fingerprint density at radius 1 is 1.11 bits per heavy atom. The van der Waals surface area contributed by atoms with Gasteiger partial charge in [0.05, 0.1) is 7.11 Å². The Bertz CT molecular complexity index is 1160. The number of nitrogens with zero attached hydrogens (tertiary/aromatic N) is 1. The summed E-state index contributed by atoms with van der Waals surface area (Å²) in [5, 5.41) is 5.48. The maximum Gasteiger partial charge on any atom is 0.265 e. The number of unbranched alkanes of at least 4 members (excludes halogenated alkanes) is 3. The van der Waals surface area contributed by atoms with Crippen LogP contribution in [0.4, 0.5) is 5.69 Å². The summed E-state index contributed by atoms with van der Waals surface area (Å²) in [7, 11) is 1.56. The lowest BCUT2D eigenvalue weighted by molar-refractivity contribution is -0.129. The van der Waals surface area contributed by atoms with Crippen molar-refractivity contribution in [3.63, 3.8) is 0 Å². The highest BCUT2D eigenvalue weighted by Gasteiger charge is 2.32. The monoisotopic (exact) mass is 509 g/mol. The molecular formula is C27H31N3O5S. The Morgan fingerprint density at radius 2 is 1.86 bits per heavy atom. The van der Waals surface area contributed by atoms with E-state index >= 15 is 0 Å². The molecule has 1 aliphatic rings. The van der Waals surface area contributed by atoms with Gasteiger partial charge in [0.25, 0.3) is 11.8 Å². The Kier molecular flexibility index (Phi) is 9.58. The highest BCUT2D eigenvalue weighted by atomic mass is 32.1. The van der Waals surface area contributed by atoms with Crippen LogP contribution in [0.25, 0.3) is 6.08 Å². The molecule has 0 unspecified atom stereocenters. The van der Waals surface area contributed by atoms with E-state index in [0.717, 1.165) is 31.2 Å². The smallest absolute Gasteiger partial charge is 0.265 e. The van der Waals surface area contributed by atoms with Crippen molar-refractivity contribution in [1.29, 1.82) is 0 Å². The van der Waals surface area contributed by atoms with Crippen molar-refractivity contribution in [3.05, 3.63) is 59.2 Å². The number of anilines is 1. The number of nitrogens with one attached hydrogen (secondary N) is 2. The summed E-state index contributed by atoms with van der Waals surface area (Å²) in [5.41, 5.74) is 2.11. The van der Waals surface area contributed by atoms with E-state index in [1.165, 1.54) is 11.8 Å². The van der Waals surface area contributed by atoms with Crippen LogP contribution in [0.5, 0.6) is 11.5 Å². The number of ether oxygens (including phenoxy) is 2. The van der Waals surface area contributed by atoms with Gasteiger partial charge in [-0.25, -0.2) is 0 Å². The number of hydrogen-bond acceptors (Lipinski definition) is 6. The Balaban J connectivity index is 1.76. The average Bonchev–Trinajstić information content (AvgIpc) is 2.85. The first-order valence-electron chi connectivity index (χ1n) is 11.9. The summed E-state index contributed by atoms with van der Waals surface area (Å²) in [6.45, 7) is 4.24. The number of carbonyl (C=O) groups excluding carboxylic acids is 3. The van der Waals surface area contributed by atoms with Crippen LogP contribution in [-0.4, -0.2) is 41.4 Å². The third-order valence-corrected chi connectivity index (χ3v) is 5.93. The molecule has 2 aromatic rings. The van der Waals surface area contributed by atoms with Gasteiger partial charge in [0.15, 0.2) is 5.11 Å². The zero-order valence-corrected chi connectivity index (χ0v) is 21.6. The van der Waals surface area contributed by atoms with Crippen LogP contribution in [0.1, 0.15) is 50.7 Å². The number of rotatable bonds is 11. The zero-order chi connectivity index (χ0) is 26.1. The number of thiocarbonyl (C=S) groups is 1. The van der Waals surface area contributed by atoms with Crippen molar-refractivity contribution >= 4 is 46.8 Å². The predicted molar refractivity (Wildman–Crippen MR) is 143 cm³/mol. The SMILES string of the molecule is CCCCCCN1C(=O)C(=Cc2ccc(OC)c(COc3ccc(NC(C)=O)cc3)c2)C(=O)NC1=S. The topological polar surface area (TPSA) is 97.0 Å². The number of hydrogen-bond donors (Lipinski definition) is 2. The number of benzene rings is 2. The largest absolute Gasteiger partial charge is 0.496 e. The van der Waals surface area contributed by atoms with Gasteiger partial charge in [-0.15, -0.1) is 0 Å². The normalized spacial score (nSPS) is 14.6. The van der Waals surface area contributed by atoms with Gasteiger partial charge in [-0.05, 0) is 66.7 Å². The molecule has 3 amide bonds. The third kappa shape index (κ3) is 7.14. The van der Waals surface area contributed by atoms with Gasteiger partial charge in [0, 0.05) is 24.7 Å². The van der Waals surface area contributed by atoms with Crippen molar-refractivity contribution in [2.75, 3.05) is 19.0 Å². The standard InChI is InChI=1S/C27H31N3O5S/c1-4-5-6-7-14-30-26(33)23(25(32)29-27(30)36)16-19-8-13-24(34-3)20(15-19)17-35-22-11-9-21(10-12-22)28-18(2)31/h8-13,15-16H,4-7,14,17H2,1-3H3,(H,28,31)(H,29,32,36). The van der Waals surface area contributed by atoms with Gasteiger partial charge in [-0.2, -0.15) is 0 Å². The Labute approximate surface area is 216 Å². The highest BCUT2D eigenvalue weighted by Crippen LogP contribution is 2.25. The Morgan fingerprint density at radius 3 is 2.53 bits per heavy atom. The maximum atomic E-state index is 13.1. The van der Waals surface area contributed by atoms with E-state index in [2.05, 4.69) is 17.6 Å². The molecule has 0 spiro atoms. The quantitative estimate of drug-likeness (QED) is 0.201. The van der Waals surface area contributed by atoms with Gasteiger partial charge in [-0.1, -0.05) is 32.3 Å². The molecule has 9 heteroatoms. The first kappa shape index (κ1) is 26.9. The first-order chi connectivity index (χ1) is 17.3. The molecule has 36 heavy (non-hydrogen) atoms. The van der Waals surface area contributed by atoms with Gasteiger partial charge >= 0.3 is 0 Å². The maximum absolute atomic E-state index is 13.1. The van der Waals surface area contributed by atoms with Gasteiger partial charge in [0.1, 0.15) is 23.7 Å². The van der Waals surface area contributed by atoms with Gasteiger partial charge < -0.3 is 14.8 Å². The molecule has 1 aliphatic heterocycles. The summed E-state index contributed by atoms with van der Waals surface area (Å²) >= 11 is 5.23. The second kappa shape index (κ2) is 12.8. The minimum atomic E-state index is -0.511. The first-order valence-corrected chi connectivity index (χ1v) is 12.3. The fourth-order valence-corrected chi connectivity index (χ4v) is 4.03. The van der Waals surface area contributed by atoms with Crippen LogP contribution in [0.3, 0.4) is 0 Å². The lowest BCUT2D eigenvalue weighted by Gasteiger charge is -2.29. The third-order valence-electron chi connectivity index (χ3n) is 5.61. The van der Waals surface area contributed by atoms with E-state index < -0.39 is 11.8 Å². The fraction of sp³-hybridized carbons (Fsp3) is 0.333. The molecule has 2 aromatic carbocycles. The number of carbonyl (C=O) groups is 3. The summed E-state index contributed by atoms with van der Waals surface area (Å²) in [6.07, 6.45) is 5.54. The van der Waals surface area contributed by atoms with E-state index in [4.69, 9.17) is 21.7 Å². The molecule has 0 aliphatic carbocycles. The predicted octanol–water partition coefficient (Wildman–Crippen LogP) is 4.44. The molecule has 190 valence electrons. The van der Waals surface area contributed by atoms with Gasteiger partial charge in [-0.3, -0.25) is 24.6 Å². The number of amides is 3. The summed E-state index contributed by atoms with van der Waals surface area (Å²) < 4.78 is 11.4. The highest BCUT2D eigenvalue weighted by molar-refractivity contribution is 7.80. The summed E-state index contributed by atoms with van der Waals surface area (Å²) in [4.78, 5) is 38.3. The van der Waals surface area contributed by atoms with Crippen LogP contribution in [0, 0.1) is 0 Å². The molecular weight excluding hydrogens is 478 g/mol. The van der Waals surface area contributed by atoms with E-state index in [9.17, 15) is 14.4 Å². The lowest BCUT2D eigenvalue weighted by atomic mass is 10.0. The van der Waals surface area contributed by atoms with E-state index in [1.807, 2.05) is 6.07 Å². The molecule has 1 saturated heterocycles. The van der Waals surface area contributed by atoms with E-state index in [-0.39, 0.29) is 23.2 Å². The van der Waals surface area contributed by atoms with Crippen molar-refractivity contribution in [1.82, 2.24) is 10.2 Å². The van der Waals surface area contributed by atoms with Gasteiger partial charge in [0.2, 0.25) is 5.91 Å².